The van der Waals surface area contributed by atoms with Gasteiger partial charge in [-0.1, -0.05) is 0 Å². The lowest BCUT2D eigenvalue weighted by Gasteiger charge is -2.35. The normalized spacial score (nSPS) is 27.4. The lowest BCUT2D eigenvalue weighted by Crippen LogP contribution is -2.42. The summed E-state index contributed by atoms with van der Waals surface area (Å²) in [6, 6.07) is 3.04. The lowest BCUT2D eigenvalue weighted by atomic mass is 9.82. The van der Waals surface area contributed by atoms with E-state index < -0.39 is 23.4 Å². The molecule has 1 heterocycles. The van der Waals surface area contributed by atoms with Crippen molar-refractivity contribution >= 4 is 11.4 Å². The number of aromatic nitrogens is 1. The van der Waals surface area contributed by atoms with Gasteiger partial charge >= 0.3 is 0 Å². The van der Waals surface area contributed by atoms with E-state index in [0.717, 1.165) is 6.08 Å². The van der Waals surface area contributed by atoms with E-state index in [0.29, 0.717) is 5.56 Å². The second kappa shape index (κ2) is 4.70. The Balaban J connectivity index is 2.58. The van der Waals surface area contributed by atoms with Gasteiger partial charge in [-0.15, -0.1) is 0 Å². The van der Waals surface area contributed by atoms with Gasteiger partial charge in [0.2, 0.25) is 0 Å². The second-order valence-corrected chi connectivity index (χ2v) is 4.40. The molecule has 19 heavy (non-hydrogen) atoms. The summed E-state index contributed by atoms with van der Waals surface area (Å²) < 4.78 is 45.9. The molecule has 2 rings (SSSR count). The molecule has 1 aliphatic rings. The van der Waals surface area contributed by atoms with Crippen LogP contribution in [0.25, 0.3) is 5.57 Å². The van der Waals surface area contributed by atoms with Crippen molar-refractivity contribution in [2.24, 2.45) is 0 Å². The van der Waals surface area contributed by atoms with Gasteiger partial charge in [-0.05, 0) is 36.3 Å². The average Bonchev–Trinajstić information content (AvgIpc) is 2.42. The molecule has 0 aromatic carbocycles. The van der Waals surface area contributed by atoms with Gasteiger partial charge in [0, 0.05) is 13.3 Å². The van der Waals surface area contributed by atoms with E-state index in [4.69, 9.17) is 10.5 Å². The molecular formula is C13H13F3N2O. The maximum atomic E-state index is 14.0. The molecule has 3 nitrogen and oxygen atoms in total. The zero-order valence-corrected chi connectivity index (χ0v) is 10.5. The fourth-order valence-electron chi connectivity index (χ4n) is 1.99. The van der Waals surface area contributed by atoms with Crippen LogP contribution in [0.4, 0.5) is 19.0 Å². The number of ether oxygens (including phenoxy) is 1. The lowest BCUT2D eigenvalue weighted by molar-refractivity contribution is -0.00666. The van der Waals surface area contributed by atoms with Gasteiger partial charge in [0.05, 0.1) is 0 Å². The molecule has 0 saturated carbocycles. The van der Waals surface area contributed by atoms with Gasteiger partial charge in [-0.3, -0.25) is 0 Å². The maximum absolute atomic E-state index is 14.0. The standard InChI is InChI=1S/C13H13F3N2O/c1-13(19-2)8(5-9(14)11(15)12(13)16)7-3-4-10(17)18-6-7/h3-6,12H,1-2H3,(H2,17,18). The predicted octanol–water partition coefficient (Wildman–Crippen LogP) is 2.95. The Hall–Kier alpha value is -1.82. The third-order valence-electron chi connectivity index (χ3n) is 3.26. The second-order valence-electron chi connectivity index (χ2n) is 4.40. The Bertz CT molecular complexity index is 554. The smallest absolute Gasteiger partial charge is 0.187 e. The monoisotopic (exact) mass is 270 g/mol. The molecule has 2 N–H and O–H groups in total. The van der Waals surface area contributed by atoms with Gasteiger partial charge in [-0.2, -0.15) is 0 Å². The van der Waals surface area contributed by atoms with E-state index in [-0.39, 0.29) is 11.4 Å². The van der Waals surface area contributed by atoms with Crippen molar-refractivity contribution in [1.29, 1.82) is 0 Å². The number of anilines is 1. The van der Waals surface area contributed by atoms with Crippen LogP contribution in [0.5, 0.6) is 0 Å². The minimum Gasteiger partial charge on any atom is -0.384 e. The molecule has 2 unspecified atom stereocenters. The number of hydrogen-bond acceptors (Lipinski definition) is 3. The number of halogens is 3. The number of nitrogens with two attached hydrogens (primary N) is 1. The summed E-state index contributed by atoms with van der Waals surface area (Å²) in [5.74, 6) is -2.43. The van der Waals surface area contributed by atoms with E-state index in [1.807, 2.05) is 0 Å². The number of hydrogen-bond donors (Lipinski definition) is 1. The largest absolute Gasteiger partial charge is 0.384 e. The van der Waals surface area contributed by atoms with Crippen LogP contribution in [0.1, 0.15) is 12.5 Å². The molecule has 0 amide bonds. The van der Waals surface area contributed by atoms with Crippen molar-refractivity contribution in [1.82, 2.24) is 4.98 Å². The summed E-state index contributed by atoms with van der Waals surface area (Å²) in [5, 5.41) is 0. The predicted molar refractivity (Wildman–Crippen MR) is 66.2 cm³/mol. The van der Waals surface area contributed by atoms with Crippen LogP contribution in [0.15, 0.2) is 36.1 Å². The van der Waals surface area contributed by atoms with Gasteiger partial charge in [-0.25, -0.2) is 18.2 Å². The van der Waals surface area contributed by atoms with Crippen LogP contribution in [-0.2, 0) is 4.74 Å². The molecule has 0 saturated heterocycles. The number of rotatable bonds is 2. The molecule has 0 fully saturated rings. The van der Waals surface area contributed by atoms with E-state index in [9.17, 15) is 13.2 Å². The molecule has 1 aromatic heterocycles. The minimum atomic E-state index is -2.21. The number of alkyl halides is 1. The Labute approximate surface area is 108 Å². The Morgan fingerprint density at radius 2 is 2.05 bits per heavy atom. The molecule has 102 valence electrons. The van der Waals surface area contributed by atoms with Gasteiger partial charge < -0.3 is 10.5 Å². The topological polar surface area (TPSA) is 48.1 Å². The molecule has 6 heteroatoms. The third kappa shape index (κ3) is 2.12. The van der Waals surface area contributed by atoms with Crippen molar-refractivity contribution in [2.75, 3.05) is 12.8 Å². The number of allylic oxidation sites excluding steroid dienone is 2. The Morgan fingerprint density at radius 3 is 2.58 bits per heavy atom. The van der Waals surface area contributed by atoms with Crippen LogP contribution in [0.3, 0.4) is 0 Å². The zero-order valence-electron chi connectivity index (χ0n) is 10.5. The first kappa shape index (κ1) is 13.6. The maximum Gasteiger partial charge on any atom is 0.187 e. The van der Waals surface area contributed by atoms with Crippen molar-refractivity contribution in [3.05, 3.63) is 41.6 Å². The Morgan fingerprint density at radius 1 is 1.37 bits per heavy atom. The van der Waals surface area contributed by atoms with Gasteiger partial charge in [0.15, 0.2) is 17.8 Å². The third-order valence-corrected chi connectivity index (χ3v) is 3.26. The molecule has 0 aliphatic heterocycles. The van der Waals surface area contributed by atoms with E-state index in [1.165, 1.54) is 26.3 Å². The summed E-state index contributed by atoms with van der Waals surface area (Å²) in [5.41, 5.74) is 4.44. The SMILES string of the molecule is COC1(C)C(c2ccc(N)nc2)=CC(F)=C(F)C1F. The van der Waals surface area contributed by atoms with E-state index >= 15 is 0 Å². The van der Waals surface area contributed by atoms with Crippen LogP contribution in [0, 0.1) is 0 Å². The first-order valence-corrected chi connectivity index (χ1v) is 5.58. The molecule has 2 atom stereocenters. The summed E-state index contributed by atoms with van der Waals surface area (Å²) in [6.45, 7) is 1.35. The Kier molecular flexibility index (Phi) is 3.36. The number of pyridine rings is 1. The fraction of sp³-hybridized carbons (Fsp3) is 0.308. The first-order valence-electron chi connectivity index (χ1n) is 5.58. The molecule has 1 aromatic rings. The quantitative estimate of drug-likeness (QED) is 0.898. The molecule has 0 radical (unpaired) electrons. The molecular weight excluding hydrogens is 257 g/mol. The van der Waals surface area contributed by atoms with E-state index in [2.05, 4.69) is 4.98 Å². The van der Waals surface area contributed by atoms with Crippen LogP contribution in [0.2, 0.25) is 0 Å². The summed E-state index contributed by atoms with van der Waals surface area (Å²) >= 11 is 0. The first-order chi connectivity index (χ1) is 8.90. The average molecular weight is 270 g/mol. The van der Waals surface area contributed by atoms with Crippen LogP contribution in [-0.4, -0.2) is 23.9 Å². The van der Waals surface area contributed by atoms with Crippen molar-refractivity contribution in [3.63, 3.8) is 0 Å². The molecule has 0 spiro atoms. The molecule has 1 aliphatic carbocycles. The van der Waals surface area contributed by atoms with Crippen LogP contribution >= 0.6 is 0 Å². The van der Waals surface area contributed by atoms with E-state index in [1.54, 1.807) is 6.07 Å². The highest BCUT2D eigenvalue weighted by molar-refractivity contribution is 5.76. The fourth-order valence-corrected chi connectivity index (χ4v) is 1.99. The van der Waals surface area contributed by atoms with Crippen molar-refractivity contribution < 1.29 is 17.9 Å². The molecule has 0 bridgehead atoms. The zero-order chi connectivity index (χ0) is 14.2. The number of nitrogens with zero attached hydrogens (tertiary/aromatic N) is 1. The summed E-state index contributed by atoms with van der Waals surface area (Å²) in [6.07, 6.45) is 0.0686. The highest BCUT2D eigenvalue weighted by Crippen LogP contribution is 2.43. The highest BCUT2D eigenvalue weighted by atomic mass is 19.2. The van der Waals surface area contributed by atoms with Crippen LogP contribution < -0.4 is 5.73 Å². The van der Waals surface area contributed by atoms with Gasteiger partial charge in [0.1, 0.15) is 11.4 Å². The van der Waals surface area contributed by atoms with Crippen molar-refractivity contribution in [2.45, 2.75) is 18.7 Å². The minimum absolute atomic E-state index is 0.175. The van der Waals surface area contributed by atoms with Gasteiger partial charge in [0.25, 0.3) is 0 Å². The summed E-state index contributed by atoms with van der Waals surface area (Å²) in [4.78, 5) is 3.85. The number of nitrogen functional groups attached to an aromatic ring is 1. The number of methoxy groups -OCH3 is 1. The highest BCUT2D eigenvalue weighted by Gasteiger charge is 2.46. The summed E-state index contributed by atoms with van der Waals surface area (Å²) in [7, 11) is 1.24. The van der Waals surface area contributed by atoms with Crippen molar-refractivity contribution in [3.8, 4) is 0 Å².